The number of carbonyl (C=O) groups excluding carboxylic acids is 2. The minimum Gasteiger partial charge on any atom is -0.362 e. The molecule has 0 fully saturated rings. The number of carbonyl (C=O) groups is 2. The van der Waals surface area contributed by atoms with Gasteiger partial charge < -0.3 is 15.4 Å². The molecule has 0 aromatic heterocycles. The smallest absolute Gasteiger partial charge is 0.250 e. The van der Waals surface area contributed by atoms with Crippen LogP contribution in [0.25, 0.3) is 0 Å². The summed E-state index contributed by atoms with van der Waals surface area (Å²) in [6, 6.07) is 15.0. The first-order chi connectivity index (χ1) is 11.6. The Balaban J connectivity index is 1.70. The van der Waals surface area contributed by atoms with E-state index in [2.05, 4.69) is 10.6 Å². The summed E-state index contributed by atoms with van der Waals surface area (Å²) in [4.78, 5) is 23.4. The monoisotopic (exact) mass is 343 g/mol. The third-order valence-electron chi connectivity index (χ3n) is 2.89. The first-order valence-corrected chi connectivity index (χ1v) is 7.38. The predicted molar refractivity (Wildman–Crippen MR) is 90.7 cm³/mol. The molecule has 2 aromatic rings. The van der Waals surface area contributed by atoms with Crippen LogP contribution in [0.5, 0.6) is 0 Å². The number of amides is 2. The molecule has 2 N–H and O–H groups in total. The second-order valence-electron chi connectivity index (χ2n) is 4.79. The molecule has 0 radical (unpaired) electrons. The van der Waals surface area contributed by atoms with Crippen LogP contribution in [-0.2, 0) is 14.3 Å². The van der Waals surface area contributed by atoms with Gasteiger partial charge in [-0.3, -0.25) is 9.59 Å². The van der Waals surface area contributed by atoms with E-state index in [9.17, 15) is 9.59 Å². The van der Waals surface area contributed by atoms with Crippen molar-refractivity contribution < 1.29 is 14.3 Å². The number of nitrogens with zero attached hydrogens (tertiary/aromatic N) is 1. The van der Waals surface area contributed by atoms with E-state index in [-0.39, 0.29) is 25.0 Å². The highest BCUT2D eigenvalue weighted by Gasteiger charge is 2.06. The lowest BCUT2D eigenvalue weighted by atomic mass is 10.2. The Labute approximate surface area is 144 Å². The quantitative estimate of drug-likeness (QED) is 0.843. The van der Waals surface area contributed by atoms with E-state index in [4.69, 9.17) is 21.6 Å². The Hall–Kier alpha value is -2.88. The molecule has 0 aliphatic rings. The molecule has 122 valence electrons. The molecule has 0 saturated heterocycles. The summed E-state index contributed by atoms with van der Waals surface area (Å²) in [5.74, 6) is -0.762. The number of hydrogen-bond donors (Lipinski definition) is 2. The van der Waals surface area contributed by atoms with Crippen LogP contribution in [-0.4, -0.2) is 25.0 Å². The molecule has 6 nitrogen and oxygen atoms in total. The average molecular weight is 344 g/mol. The molecule has 2 amide bonds. The maximum Gasteiger partial charge on any atom is 0.250 e. The standard InChI is InChI=1S/C17H14ClN3O3/c18-13-3-7-15(8-4-13)21-17(23)11-24-10-16(22)20-14-5-1-12(9-19)2-6-14/h1-8H,10-11H2,(H,20,22)(H,21,23). The summed E-state index contributed by atoms with van der Waals surface area (Å²) >= 11 is 5.75. The fraction of sp³-hybridized carbons (Fsp3) is 0.118. The maximum absolute atomic E-state index is 11.7. The van der Waals surface area contributed by atoms with Crippen LogP contribution in [0.3, 0.4) is 0 Å². The number of ether oxygens (including phenoxy) is 1. The molecule has 0 atom stereocenters. The summed E-state index contributed by atoms with van der Waals surface area (Å²) in [5, 5.41) is 14.5. The van der Waals surface area contributed by atoms with Crippen molar-refractivity contribution in [3.63, 3.8) is 0 Å². The largest absolute Gasteiger partial charge is 0.362 e. The third kappa shape index (κ3) is 5.72. The first-order valence-electron chi connectivity index (χ1n) is 7.00. The predicted octanol–water partition coefficient (Wildman–Crippen LogP) is 2.81. The molecular formula is C17H14ClN3O3. The number of halogens is 1. The third-order valence-corrected chi connectivity index (χ3v) is 3.14. The molecule has 0 heterocycles. The molecule has 0 bridgehead atoms. The maximum atomic E-state index is 11.7. The van der Waals surface area contributed by atoms with E-state index >= 15 is 0 Å². The molecule has 0 aliphatic heterocycles. The van der Waals surface area contributed by atoms with Crippen molar-refractivity contribution in [2.45, 2.75) is 0 Å². The van der Waals surface area contributed by atoms with E-state index in [1.165, 1.54) is 0 Å². The zero-order chi connectivity index (χ0) is 17.4. The molecule has 0 aliphatic carbocycles. The van der Waals surface area contributed by atoms with Crippen LogP contribution in [0.1, 0.15) is 5.56 Å². The zero-order valence-corrected chi connectivity index (χ0v) is 13.3. The number of nitrogens with one attached hydrogen (secondary N) is 2. The van der Waals surface area contributed by atoms with Gasteiger partial charge in [0.2, 0.25) is 11.8 Å². The number of hydrogen-bond acceptors (Lipinski definition) is 4. The summed E-state index contributed by atoms with van der Waals surface area (Å²) in [6.07, 6.45) is 0. The molecule has 7 heteroatoms. The molecule has 24 heavy (non-hydrogen) atoms. The summed E-state index contributed by atoms with van der Waals surface area (Å²) in [5.41, 5.74) is 1.64. The fourth-order valence-electron chi connectivity index (χ4n) is 1.79. The second kappa shape index (κ2) is 8.67. The number of anilines is 2. The lowest BCUT2D eigenvalue weighted by Crippen LogP contribution is -2.23. The number of benzene rings is 2. The Kier molecular flexibility index (Phi) is 6.32. The Morgan fingerprint density at radius 2 is 1.38 bits per heavy atom. The minimum atomic E-state index is -0.390. The topological polar surface area (TPSA) is 91.2 Å². The van der Waals surface area contributed by atoms with Gasteiger partial charge in [0.15, 0.2) is 0 Å². The van der Waals surface area contributed by atoms with Gasteiger partial charge in [-0.15, -0.1) is 0 Å². The molecule has 2 aromatic carbocycles. The Bertz CT molecular complexity index is 752. The molecule has 0 saturated carbocycles. The zero-order valence-electron chi connectivity index (χ0n) is 12.6. The Morgan fingerprint density at radius 1 is 0.917 bits per heavy atom. The van der Waals surface area contributed by atoms with Crippen molar-refractivity contribution in [2.24, 2.45) is 0 Å². The first kappa shape index (κ1) is 17.5. The van der Waals surface area contributed by atoms with Gasteiger partial charge in [0.25, 0.3) is 0 Å². The highest BCUT2D eigenvalue weighted by atomic mass is 35.5. The Morgan fingerprint density at radius 3 is 1.83 bits per heavy atom. The van der Waals surface area contributed by atoms with Crippen molar-refractivity contribution in [1.82, 2.24) is 0 Å². The van der Waals surface area contributed by atoms with E-state index in [1.54, 1.807) is 48.5 Å². The van der Waals surface area contributed by atoms with Gasteiger partial charge in [-0.05, 0) is 48.5 Å². The summed E-state index contributed by atoms with van der Waals surface area (Å²) in [7, 11) is 0. The average Bonchev–Trinajstić information content (AvgIpc) is 2.57. The van der Waals surface area contributed by atoms with Gasteiger partial charge in [-0.1, -0.05) is 11.6 Å². The van der Waals surface area contributed by atoms with Crippen LogP contribution >= 0.6 is 11.6 Å². The van der Waals surface area contributed by atoms with Crippen molar-refractivity contribution in [2.75, 3.05) is 23.8 Å². The molecule has 0 spiro atoms. The normalized spacial score (nSPS) is 9.83. The van der Waals surface area contributed by atoms with Gasteiger partial charge in [-0.2, -0.15) is 5.26 Å². The van der Waals surface area contributed by atoms with E-state index in [1.807, 2.05) is 6.07 Å². The lowest BCUT2D eigenvalue weighted by molar-refractivity contribution is -0.125. The van der Waals surface area contributed by atoms with Gasteiger partial charge in [0, 0.05) is 16.4 Å². The van der Waals surface area contributed by atoms with Crippen molar-refractivity contribution in [1.29, 1.82) is 5.26 Å². The van der Waals surface area contributed by atoms with E-state index < -0.39 is 0 Å². The van der Waals surface area contributed by atoms with Gasteiger partial charge >= 0.3 is 0 Å². The SMILES string of the molecule is N#Cc1ccc(NC(=O)COCC(=O)Nc2ccc(Cl)cc2)cc1. The second-order valence-corrected chi connectivity index (χ2v) is 5.22. The van der Waals surface area contributed by atoms with Gasteiger partial charge in [0.1, 0.15) is 13.2 Å². The van der Waals surface area contributed by atoms with Crippen LogP contribution in [0.2, 0.25) is 5.02 Å². The highest BCUT2D eigenvalue weighted by Crippen LogP contribution is 2.13. The van der Waals surface area contributed by atoms with Crippen LogP contribution < -0.4 is 10.6 Å². The fourth-order valence-corrected chi connectivity index (χ4v) is 1.92. The van der Waals surface area contributed by atoms with Gasteiger partial charge in [0.05, 0.1) is 11.6 Å². The highest BCUT2D eigenvalue weighted by molar-refractivity contribution is 6.30. The number of rotatable bonds is 6. The van der Waals surface area contributed by atoms with Crippen molar-refractivity contribution in [3.8, 4) is 6.07 Å². The number of nitriles is 1. The molecule has 2 rings (SSSR count). The van der Waals surface area contributed by atoms with E-state index in [0.717, 1.165) is 0 Å². The van der Waals surface area contributed by atoms with Crippen LogP contribution in [0.4, 0.5) is 11.4 Å². The summed E-state index contributed by atoms with van der Waals surface area (Å²) in [6.45, 7) is -0.503. The van der Waals surface area contributed by atoms with Gasteiger partial charge in [-0.25, -0.2) is 0 Å². The van der Waals surface area contributed by atoms with Crippen molar-refractivity contribution >= 4 is 34.8 Å². The molecular weight excluding hydrogens is 330 g/mol. The van der Waals surface area contributed by atoms with Crippen LogP contribution in [0, 0.1) is 11.3 Å². The van der Waals surface area contributed by atoms with E-state index in [0.29, 0.717) is 22.0 Å². The lowest BCUT2D eigenvalue weighted by Gasteiger charge is -2.07. The van der Waals surface area contributed by atoms with Crippen molar-refractivity contribution in [3.05, 3.63) is 59.1 Å². The van der Waals surface area contributed by atoms with Crippen LogP contribution in [0.15, 0.2) is 48.5 Å². The minimum absolute atomic E-state index is 0.247. The molecule has 0 unspecified atom stereocenters. The summed E-state index contributed by atoms with van der Waals surface area (Å²) < 4.78 is 5.07.